The molecule has 3 unspecified atom stereocenters. The highest BCUT2D eigenvalue weighted by molar-refractivity contribution is 5.79. The minimum atomic E-state index is 0.172. The largest absolute Gasteiger partial charge is 0.381 e. The first-order valence-electron chi connectivity index (χ1n) is 10.2. The predicted octanol–water partition coefficient (Wildman–Crippen LogP) is 2.44. The summed E-state index contributed by atoms with van der Waals surface area (Å²) in [6.45, 7) is 12.8. The predicted molar refractivity (Wildman–Crippen MR) is 106 cm³/mol. The van der Waals surface area contributed by atoms with Gasteiger partial charge < -0.3 is 24.8 Å². The van der Waals surface area contributed by atoms with E-state index in [4.69, 9.17) is 14.2 Å². The van der Waals surface area contributed by atoms with Crippen LogP contribution in [0, 0.1) is 17.3 Å². The summed E-state index contributed by atoms with van der Waals surface area (Å²) in [6.07, 6.45) is 4.77. The van der Waals surface area contributed by atoms with Crippen LogP contribution in [0.5, 0.6) is 0 Å². The maximum absolute atomic E-state index is 6.06. The van der Waals surface area contributed by atoms with E-state index >= 15 is 0 Å². The summed E-state index contributed by atoms with van der Waals surface area (Å²) in [5, 5.41) is 6.86. The molecule has 2 saturated heterocycles. The van der Waals surface area contributed by atoms with Gasteiger partial charge in [-0.05, 0) is 31.1 Å². The smallest absolute Gasteiger partial charge is 0.190 e. The Kier molecular flexibility index (Phi) is 9.16. The van der Waals surface area contributed by atoms with Crippen LogP contribution in [0.25, 0.3) is 0 Å². The van der Waals surface area contributed by atoms with E-state index in [1.54, 1.807) is 0 Å². The zero-order valence-electron chi connectivity index (χ0n) is 17.2. The SMILES string of the molecule is CN=C(NCCCOCC1CCOC1)NCC1CCCOC1C(C)(C)C. The van der Waals surface area contributed by atoms with Crippen molar-refractivity contribution in [3.63, 3.8) is 0 Å². The fourth-order valence-electron chi connectivity index (χ4n) is 3.80. The average molecular weight is 370 g/mol. The van der Waals surface area contributed by atoms with Crippen molar-refractivity contribution < 1.29 is 14.2 Å². The number of aliphatic imine (C=N–C) groups is 1. The first-order valence-corrected chi connectivity index (χ1v) is 10.2. The number of hydrogen-bond donors (Lipinski definition) is 2. The molecule has 6 nitrogen and oxygen atoms in total. The van der Waals surface area contributed by atoms with Gasteiger partial charge in [-0.2, -0.15) is 0 Å². The van der Waals surface area contributed by atoms with Gasteiger partial charge in [0.05, 0.1) is 19.3 Å². The molecule has 26 heavy (non-hydrogen) atoms. The van der Waals surface area contributed by atoms with Crippen LogP contribution in [0.1, 0.15) is 46.5 Å². The number of ether oxygens (including phenoxy) is 3. The van der Waals surface area contributed by atoms with Crippen molar-refractivity contribution in [2.24, 2.45) is 22.2 Å². The Balaban J connectivity index is 1.59. The second-order valence-electron chi connectivity index (χ2n) is 8.60. The van der Waals surface area contributed by atoms with Gasteiger partial charge in [0.1, 0.15) is 0 Å². The van der Waals surface area contributed by atoms with Crippen LogP contribution < -0.4 is 10.6 Å². The van der Waals surface area contributed by atoms with Crippen LogP contribution in [0.4, 0.5) is 0 Å². The van der Waals surface area contributed by atoms with Gasteiger partial charge in [0.25, 0.3) is 0 Å². The monoisotopic (exact) mass is 369 g/mol. The Morgan fingerprint density at radius 3 is 2.73 bits per heavy atom. The van der Waals surface area contributed by atoms with Crippen molar-refractivity contribution in [3.8, 4) is 0 Å². The van der Waals surface area contributed by atoms with Crippen molar-refractivity contribution in [2.75, 3.05) is 53.2 Å². The average Bonchev–Trinajstić information content (AvgIpc) is 3.13. The van der Waals surface area contributed by atoms with Gasteiger partial charge >= 0.3 is 0 Å². The fourth-order valence-corrected chi connectivity index (χ4v) is 3.80. The van der Waals surface area contributed by atoms with Crippen molar-refractivity contribution in [3.05, 3.63) is 0 Å². The summed E-state index contributed by atoms with van der Waals surface area (Å²) in [6, 6.07) is 0. The first-order chi connectivity index (χ1) is 12.5. The van der Waals surface area contributed by atoms with E-state index in [0.717, 1.165) is 71.3 Å². The van der Waals surface area contributed by atoms with Gasteiger partial charge in [0.15, 0.2) is 5.96 Å². The third-order valence-corrected chi connectivity index (χ3v) is 5.19. The van der Waals surface area contributed by atoms with E-state index in [2.05, 4.69) is 36.4 Å². The first kappa shape index (κ1) is 21.5. The molecule has 0 saturated carbocycles. The van der Waals surface area contributed by atoms with E-state index in [1.807, 2.05) is 7.05 Å². The van der Waals surface area contributed by atoms with Crippen LogP contribution >= 0.6 is 0 Å². The summed E-state index contributed by atoms with van der Waals surface area (Å²) < 4.78 is 17.2. The Hall–Kier alpha value is -0.850. The maximum Gasteiger partial charge on any atom is 0.190 e. The van der Waals surface area contributed by atoms with E-state index in [0.29, 0.717) is 17.9 Å². The number of rotatable bonds is 8. The molecular weight excluding hydrogens is 330 g/mol. The highest BCUT2D eigenvalue weighted by atomic mass is 16.5. The quantitative estimate of drug-likeness (QED) is 0.391. The molecule has 0 amide bonds. The van der Waals surface area contributed by atoms with E-state index in [1.165, 1.54) is 6.42 Å². The Bertz CT molecular complexity index is 417. The molecule has 2 rings (SSSR count). The summed E-state index contributed by atoms with van der Waals surface area (Å²) in [5.41, 5.74) is 0.172. The molecule has 152 valence electrons. The molecule has 0 aromatic heterocycles. The number of hydrogen-bond acceptors (Lipinski definition) is 4. The van der Waals surface area contributed by atoms with Crippen molar-refractivity contribution in [1.29, 1.82) is 0 Å². The fraction of sp³-hybridized carbons (Fsp3) is 0.950. The Morgan fingerprint density at radius 2 is 2.04 bits per heavy atom. The van der Waals surface area contributed by atoms with Crippen molar-refractivity contribution in [2.45, 2.75) is 52.6 Å². The molecule has 0 aromatic carbocycles. The molecule has 0 aromatic rings. The molecule has 0 spiro atoms. The van der Waals surface area contributed by atoms with Crippen LogP contribution in [0.2, 0.25) is 0 Å². The topological polar surface area (TPSA) is 64.1 Å². The normalized spacial score (nSPS) is 27.5. The molecular formula is C20H39N3O3. The van der Waals surface area contributed by atoms with Crippen LogP contribution in [-0.4, -0.2) is 65.2 Å². The Morgan fingerprint density at radius 1 is 1.19 bits per heavy atom. The van der Waals surface area contributed by atoms with Crippen molar-refractivity contribution in [1.82, 2.24) is 10.6 Å². The maximum atomic E-state index is 6.06. The number of nitrogens with one attached hydrogen (secondary N) is 2. The van der Waals surface area contributed by atoms with Gasteiger partial charge in [0.2, 0.25) is 0 Å². The summed E-state index contributed by atoms with van der Waals surface area (Å²) in [4.78, 5) is 4.34. The highest BCUT2D eigenvalue weighted by Gasteiger charge is 2.35. The lowest BCUT2D eigenvalue weighted by Gasteiger charge is -2.40. The minimum Gasteiger partial charge on any atom is -0.381 e. The summed E-state index contributed by atoms with van der Waals surface area (Å²) in [7, 11) is 1.82. The van der Waals surface area contributed by atoms with Gasteiger partial charge in [-0.15, -0.1) is 0 Å². The molecule has 2 N–H and O–H groups in total. The van der Waals surface area contributed by atoms with Gasteiger partial charge in [0, 0.05) is 51.8 Å². The zero-order chi connectivity index (χ0) is 18.8. The van der Waals surface area contributed by atoms with E-state index < -0.39 is 0 Å². The van der Waals surface area contributed by atoms with Gasteiger partial charge in [-0.25, -0.2) is 0 Å². The molecule has 0 aliphatic carbocycles. The molecule has 0 radical (unpaired) electrons. The van der Waals surface area contributed by atoms with Crippen LogP contribution in [0.15, 0.2) is 4.99 Å². The Labute approximate surface area is 159 Å². The van der Waals surface area contributed by atoms with Gasteiger partial charge in [-0.3, -0.25) is 4.99 Å². The molecule has 3 atom stereocenters. The van der Waals surface area contributed by atoms with Crippen molar-refractivity contribution >= 4 is 5.96 Å². The highest BCUT2D eigenvalue weighted by Crippen LogP contribution is 2.33. The standard InChI is InChI=1S/C20H39N3O3/c1-20(2,3)18-17(7-5-11-26-18)13-23-19(21-4)22-9-6-10-24-14-16-8-12-25-15-16/h16-18H,5-15H2,1-4H3,(H2,21,22,23). The summed E-state index contributed by atoms with van der Waals surface area (Å²) >= 11 is 0. The molecule has 2 aliphatic rings. The van der Waals surface area contributed by atoms with Gasteiger partial charge in [-0.1, -0.05) is 20.8 Å². The van der Waals surface area contributed by atoms with Crippen LogP contribution in [0.3, 0.4) is 0 Å². The minimum absolute atomic E-state index is 0.172. The molecule has 2 fully saturated rings. The molecule has 2 heterocycles. The third-order valence-electron chi connectivity index (χ3n) is 5.19. The summed E-state index contributed by atoms with van der Waals surface area (Å²) in [5.74, 6) is 1.98. The number of guanidine groups is 1. The second-order valence-corrected chi connectivity index (χ2v) is 8.60. The van der Waals surface area contributed by atoms with E-state index in [-0.39, 0.29) is 5.41 Å². The molecule has 2 aliphatic heterocycles. The lowest BCUT2D eigenvalue weighted by molar-refractivity contribution is -0.0835. The lowest BCUT2D eigenvalue weighted by Crippen LogP contribution is -2.47. The number of nitrogens with zero attached hydrogens (tertiary/aromatic N) is 1. The molecule has 6 heteroatoms. The third kappa shape index (κ3) is 7.41. The van der Waals surface area contributed by atoms with Crippen LogP contribution in [-0.2, 0) is 14.2 Å². The second kappa shape index (κ2) is 11.1. The zero-order valence-corrected chi connectivity index (χ0v) is 17.2. The molecule has 0 bridgehead atoms. The lowest BCUT2D eigenvalue weighted by atomic mass is 9.78. The van der Waals surface area contributed by atoms with E-state index in [9.17, 15) is 0 Å².